The molecule has 98 valence electrons. The fraction of sp³-hybridized carbons (Fsp3) is 0.727. The summed E-state index contributed by atoms with van der Waals surface area (Å²) in [5, 5.41) is 4.31. The Kier molecular flexibility index (Phi) is 7.02. The lowest BCUT2D eigenvalue weighted by Crippen LogP contribution is -2.35. The van der Waals surface area contributed by atoms with Crippen LogP contribution in [0.15, 0.2) is 12.3 Å². The molecule has 17 heavy (non-hydrogen) atoms. The highest BCUT2D eigenvalue weighted by atomic mass is 127. The predicted octanol–water partition coefficient (Wildman–Crippen LogP) is 2.04. The molecule has 1 heterocycles. The first kappa shape index (κ1) is 14.9. The number of nitrogens with zero attached hydrogens (tertiary/aromatic N) is 2. The zero-order valence-electron chi connectivity index (χ0n) is 10.4. The average Bonchev–Trinajstić information content (AvgIpc) is 2.72. The van der Waals surface area contributed by atoms with Crippen LogP contribution in [0, 0.1) is 0 Å². The van der Waals surface area contributed by atoms with Crippen LogP contribution in [-0.4, -0.2) is 40.7 Å². The first-order chi connectivity index (χ1) is 8.21. The molecule has 6 heteroatoms. The molecule has 0 aliphatic rings. The summed E-state index contributed by atoms with van der Waals surface area (Å²) in [4.78, 5) is 0. The largest absolute Gasteiger partial charge is 0.376 e. The molecule has 0 N–H and O–H groups in total. The van der Waals surface area contributed by atoms with Crippen molar-refractivity contribution in [1.29, 1.82) is 0 Å². The van der Waals surface area contributed by atoms with Crippen LogP contribution in [0.5, 0.6) is 0 Å². The Hall–Kier alpha value is -0.180. The maximum Gasteiger partial charge on any atom is 0.183 e. The van der Waals surface area contributed by atoms with Gasteiger partial charge in [-0.15, -0.1) is 0 Å². The molecule has 0 saturated carbocycles. The van der Waals surface area contributed by atoms with E-state index in [9.17, 15) is 0 Å². The first-order valence-electron chi connectivity index (χ1n) is 5.67. The highest BCUT2D eigenvalue weighted by molar-refractivity contribution is 14.1. The SMILES string of the molecule is CCOC(OCC)C(Cc1ccn(I)n1)OC. The molecular weight excluding hydrogens is 335 g/mol. The number of halogens is 1. The Bertz CT molecular complexity index is 313. The minimum Gasteiger partial charge on any atom is -0.376 e. The van der Waals surface area contributed by atoms with Crippen LogP contribution in [-0.2, 0) is 20.6 Å². The number of hydrogen-bond donors (Lipinski definition) is 0. The first-order valence-corrected chi connectivity index (χ1v) is 6.64. The zero-order chi connectivity index (χ0) is 12.7. The fourth-order valence-corrected chi connectivity index (χ4v) is 1.97. The van der Waals surface area contributed by atoms with Crippen molar-refractivity contribution in [1.82, 2.24) is 7.99 Å². The van der Waals surface area contributed by atoms with Crippen molar-refractivity contribution in [2.75, 3.05) is 20.3 Å². The number of aromatic nitrogens is 2. The maximum absolute atomic E-state index is 5.53. The van der Waals surface area contributed by atoms with Gasteiger partial charge in [0.2, 0.25) is 0 Å². The van der Waals surface area contributed by atoms with Gasteiger partial charge in [-0.25, -0.2) is 2.90 Å². The fourth-order valence-electron chi connectivity index (χ4n) is 1.53. The van der Waals surface area contributed by atoms with Crippen molar-refractivity contribution in [2.45, 2.75) is 32.7 Å². The predicted molar refractivity (Wildman–Crippen MR) is 73.2 cm³/mol. The summed E-state index contributed by atoms with van der Waals surface area (Å²) in [5.41, 5.74) is 0.968. The highest BCUT2D eigenvalue weighted by Crippen LogP contribution is 2.12. The van der Waals surface area contributed by atoms with Gasteiger partial charge in [0, 0.05) is 32.9 Å². The monoisotopic (exact) mass is 354 g/mol. The van der Waals surface area contributed by atoms with Crippen molar-refractivity contribution in [3.63, 3.8) is 0 Å². The van der Waals surface area contributed by atoms with Gasteiger partial charge in [-0.3, -0.25) is 0 Å². The summed E-state index contributed by atoms with van der Waals surface area (Å²) in [6.07, 6.45) is 2.10. The molecule has 0 spiro atoms. The summed E-state index contributed by atoms with van der Waals surface area (Å²) < 4.78 is 18.2. The van der Waals surface area contributed by atoms with Gasteiger partial charge in [-0.2, -0.15) is 5.10 Å². The molecular formula is C11H19IN2O3. The third-order valence-electron chi connectivity index (χ3n) is 2.29. The minimum atomic E-state index is -0.339. The molecule has 1 rings (SSSR count). The van der Waals surface area contributed by atoms with E-state index >= 15 is 0 Å². The normalized spacial score (nSPS) is 13.2. The van der Waals surface area contributed by atoms with Gasteiger partial charge in [-0.1, -0.05) is 0 Å². The van der Waals surface area contributed by atoms with Crippen LogP contribution < -0.4 is 0 Å². The van der Waals surface area contributed by atoms with Crippen molar-refractivity contribution in [3.05, 3.63) is 18.0 Å². The van der Waals surface area contributed by atoms with E-state index in [1.807, 2.05) is 26.1 Å². The van der Waals surface area contributed by atoms with Crippen LogP contribution in [0.3, 0.4) is 0 Å². The van der Waals surface area contributed by atoms with E-state index in [0.29, 0.717) is 19.6 Å². The van der Waals surface area contributed by atoms with Gasteiger partial charge in [0.1, 0.15) is 6.10 Å². The second-order valence-electron chi connectivity index (χ2n) is 3.45. The lowest BCUT2D eigenvalue weighted by molar-refractivity contribution is -0.196. The molecule has 1 unspecified atom stereocenters. The highest BCUT2D eigenvalue weighted by Gasteiger charge is 2.23. The number of methoxy groups -OCH3 is 1. The Morgan fingerprint density at radius 3 is 2.41 bits per heavy atom. The Labute approximate surface area is 116 Å². The summed E-state index contributed by atoms with van der Waals surface area (Å²) in [6.45, 7) is 5.09. The Morgan fingerprint density at radius 2 is 2.00 bits per heavy atom. The van der Waals surface area contributed by atoms with E-state index in [1.54, 1.807) is 10.0 Å². The second-order valence-corrected chi connectivity index (χ2v) is 4.44. The van der Waals surface area contributed by atoms with Gasteiger partial charge in [0.05, 0.1) is 28.6 Å². The van der Waals surface area contributed by atoms with Gasteiger partial charge < -0.3 is 14.2 Å². The molecule has 0 aromatic carbocycles. The van der Waals surface area contributed by atoms with E-state index in [4.69, 9.17) is 14.2 Å². The van der Waals surface area contributed by atoms with E-state index in [1.165, 1.54) is 0 Å². The molecule has 1 atom stereocenters. The summed E-state index contributed by atoms with van der Waals surface area (Å²) in [6, 6.07) is 1.97. The van der Waals surface area contributed by atoms with Crippen molar-refractivity contribution in [3.8, 4) is 0 Å². The third kappa shape index (κ3) is 4.90. The molecule has 0 bridgehead atoms. The summed E-state index contributed by atoms with van der Waals surface area (Å²) in [7, 11) is 1.66. The minimum absolute atomic E-state index is 0.138. The summed E-state index contributed by atoms with van der Waals surface area (Å²) >= 11 is 2.11. The van der Waals surface area contributed by atoms with E-state index < -0.39 is 0 Å². The molecule has 0 radical (unpaired) electrons. The molecule has 0 saturated heterocycles. The van der Waals surface area contributed by atoms with E-state index in [0.717, 1.165) is 5.69 Å². The van der Waals surface area contributed by atoms with Gasteiger partial charge >= 0.3 is 0 Å². The van der Waals surface area contributed by atoms with Crippen molar-refractivity contribution in [2.24, 2.45) is 0 Å². The molecule has 1 aromatic heterocycles. The topological polar surface area (TPSA) is 45.5 Å². The third-order valence-corrected chi connectivity index (χ3v) is 2.83. The molecule has 5 nitrogen and oxygen atoms in total. The maximum atomic E-state index is 5.53. The number of hydrogen-bond acceptors (Lipinski definition) is 4. The average molecular weight is 354 g/mol. The van der Waals surface area contributed by atoms with Gasteiger partial charge in [-0.05, 0) is 19.9 Å². The van der Waals surface area contributed by atoms with Gasteiger partial charge in [0.15, 0.2) is 6.29 Å². The summed E-state index contributed by atoms with van der Waals surface area (Å²) in [5.74, 6) is 0. The quantitative estimate of drug-likeness (QED) is 0.530. The Morgan fingerprint density at radius 1 is 1.35 bits per heavy atom. The van der Waals surface area contributed by atoms with Crippen LogP contribution in [0.25, 0.3) is 0 Å². The smallest absolute Gasteiger partial charge is 0.183 e. The lowest BCUT2D eigenvalue weighted by Gasteiger charge is -2.24. The Balaban J connectivity index is 2.61. The number of rotatable bonds is 8. The van der Waals surface area contributed by atoms with Gasteiger partial charge in [0.25, 0.3) is 0 Å². The lowest BCUT2D eigenvalue weighted by atomic mass is 10.2. The van der Waals surface area contributed by atoms with E-state index in [2.05, 4.69) is 28.0 Å². The van der Waals surface area contributed by atoms with Crippen LogP contribution in [0.1, 0.15) is 19.5 Å². The van der Waals surface area contributed by atoms with Crippen molar-refractivity contribution < 1.29 is 14.2 Å². The van der Waals surface area contributed by atoms with Crippen molar-refractivity contribution >= 4 is 22.9 Å². The van der Waals surface area contributed by atoms with Crippen LogP contribution in [0.4, 0.5) is 0 Å². The molecule has 1 aromatic rings. The zero-order valence-corrected chi connectivity index (χ0v) is 12.6. The second kappa shape index (κ2) is 8.02. The molecule has 0 aliphatic heterocycles. The van der Waals surface area contributed by atoms with E-state index in [-0.39, 0.29) is 12.4 Å². The van der Waals surface area contributed by atoms with Crippen LogP contribution in [0.2, 0.25) is 0 Å². The molecule has 0 amide bonds. The number of ether oxygens (including phenoxy) is 3. The standard InChI is InChI=1S/C11H19IN2O3/c1-4-16-11(17-5-2)10(15-3)8-9-6-7-14(12)13-9/h6-7,10-11H,4-5,8H2,1-3H3. The molecule has 0 fully saturated rings. The molecule has 0 aliphatic carbocycles. The van der Waals surface area contributed by atoms with Crippen LogP contribution >= 0.6 is 22.9 Å².